The highest BCUT2D eigenvalue weighted by Crippen LogP contribution is 2.26. The molecule has 1 aromatic heterocycles. The average molecular weight is 427 g/mol. The van der Waals surface area contributed by atoms with Crippen LogP contribution in [0.2, 0.25) is 0 Å². The van der Waals surface area contributed by atoms with E-state index in [0.29, 0.717) is 17.2 Å². The van der Waals surface area contributed by atoms with Crippen LogP contribution in [0.25, 0.3) is 0 Å². The number of aryl methyl sites for hydroxylation is 1. The van der Waals surface area contributed by atoms with Crippen molar-refractivity contribution in [3.8, 4) is 11.8 Å². The van der Waals surface area contributed by atoms with Crippen LogP contribution in [0.5, 0.6) is 5.75 Å². The molecular formula is C23H30N4O4. The molecule has 2 heterocycles. The maximum Gasteiger partial charge on any atom is 0.155 e. The van der Waals surface area contributed by atoms with Crippen molar-refractivity contribution in [1.82, 2.24) is 9.97 Å². The molecule has 1 aromatic carbocycles. The van der Waals surface area contributed by atoms with Crippen LogP contribution in [-0.2, 0) is 29.4 Å². The molecule has 1 N–H and O–H groups in total. The van der Waals surface area contributed by atoms with E-state index in [0.717, 1.165) is 55.1 Å². The largest absolute Gasteiger partial charge is 0.486 e. The van der Waals surface area contributed by atoms with Gasteiger partial charge in [-0.3, -0.25) is 0 Å². The minimum atomic E-state index is 0.187. The molecule has 0 unspecified atom stereocenters. The van der Waals surface area contributed by atoms with Crippen molar-refractivity contribution in [2.75, 3.05) is 24.8 Å². The Morgan fingerprint density at radius 3 is 2.77 bits per heavy atom. The number of unbranched alkanes of at least 4 members (excludes halogenated alkanes) is 2. The predicted octanol–water partition coefficient (Wildman–Crippen LogP) is 3.51. The molecule has 0 saturated carbocycles. The van der Waals surface area contributed by atoms with Crippen LogP contribution in [0.3, 0.4) is 0 Å². The average Bonchev–Trinajstić information content (AvgIpc) is 2.96. The Morgan fingerprint density at radius 1 is 1.16 bits per heavy atom. The first-order chi connectivity index (χ1) is 15.1. The molecule has 0 saturated heterocycles. The lowest BCUT2D eigenvalue weighted by Gasteiger charge is -2.24. The van der Waals surface area contributed by atoms with Gasteiger partial charge in [0.25, 0.3) is 0 Å². The van der Waals surface area contributed by atoms with Crippen molar-refractivity contribution in [2.45, 2.75) is 52.7 Å². The molecule has 31 heavy (non-hydrogen) atoms. The van der Waals surface area contributed by atoms with E-state index in [2.05, 4.69) is 19.9 Å². The summed E-state index contributed by atoms with van der Waals surface area (Å²) in [6.45, 7) is 5.96. The molecule has 1 aliphatic heterocycles. The molecule has 0 atom stereocenters. The second kappa shape index (κ2) is 11.6. The molecule has 0 spiro atoms. The second-order valence-corrected chi connectivity index (χ2v) is 7.94. The molecule has 2 aromatic rings. The number of aromatic nitrogens is 2. The van der Waals surface area contributed by atoms with Gasteiger partial charge in [-0.15, -0.1) is 0 Å². The smallest absolute Gasteiger partial charge is 0.155 e. The molecule has 0 bridgehead atoms. The van der Waals surface area contributed by atoms with Crippen LogP contribution in [0.15, 0.2) is 24.3 Å². The van der Waals surface area contributed by atoms with Crippen LogP contribution >= 0.6 is 0 Å². The molecule has 166 valence electrons. The van der Waals surface area contributed by atoms with Gasteiger partial charge in [0, 0.05) is 13.2 Å². The van der Waals surface area contributed by atoms with Gasteiger partial charge in [0.15, 0.2) is 12.5 Å². The predicted molar refractivity (Wildman–Crippen MR) is 115 cm³/mol. The van der Waals surface area contributed by atoms with Gasteiger partial charge in [-0.25, -0.2) is 19.7 Å². The van der Waals surface area contributed by atoms with Crippen molar-refractivity contribution in [2.24, 2.45) is 5.92 Å². The second-order valence-electron chi connectivity index (χ2n) is 7.94. The quantitative estimate of drug-likeness (QED) is 0.455. The Balaban J connectivity index is 1.89. The van der Waals surface area contributed by atoms with E-state index in [1.165, 1.54) is 0 Å². The summed E-state index contributed by atoms with van der Waals surface area (Å²) >= 11 is 0. The number of aliphatic hydroxyl groups is 1. The van der Waals surface area contributed by atoms with Crippen molar-refractivity contribution >= 4 is 5.82 Å². The number of para-hydroxylation sites is 1. The van der Waals surface area contributed by atoms with Crippen molar-refractivity contribution in [3.63, 3.8) is 0 Å². The van der Waals surface area contributed by atoms with Gasteiger partial charge in [0.05, 0.1) is 11.3 Å². The lowest BCUT2D eigenvalue weighted by molar-refractivity contribution is -0.300. The first-order valence-corrected chi connectivity index (χ1v) is 10.7. The van der Waals surface area contributed by atoms with Crippen molar-refractivity contribution in [1.29, 1.82) is 5.26 Å². The van der Waals surface area contributed by atoms with Gasteiger partial charge >= 0.3 is 0 Å². The third-order valence-electron chi connectivity index (χ3n) is 4.92. The lowest BCUT2D eigenvalue weighted by atomic mass is 10.1. The maximum absolute atomic E-state index is 9.33. The van der Waals surface area contributed by atoms with E-state index < -0.39 is 0 Å². The maximum atomic E-state index is 9.33. The number of aliphatic hydroxyl groups excluding tert-OH is 1. The third kappa shape index (κ3) is 6.37. The SMILES string of the molecule is CC(C)CN1COOCc2nc(CCCCCO)c(COc3ccccc3C#N)nc21. The number of benzene rings is 1. The Hall–Kier alpha value is -2.73. The monoisotopic (exact) mass is 426 g/mol. The summed E-state index contributed by atoms with van der Waals surface area (Å²) in [6, 6.07) is 9.32. The van der Waals surface area contributed by atoms with E-state index in [4.69, 9.17) is 29.6 Å². The van der Waals surface area contributed by atoms with Gasteiger partial charge in [-0.05, 0) is 37.3 Å². The van der Waals surface area contributed by atoms with Gasteiger partial charge in [0.2, 0.25) is 0 Å². The van der Waals surface area contributed by atoms with Crippen LogP contribution in [0.4, 0.5) is 5.82 Å². The Labute approximate surface area is 183 Å². The highest BCUT2D eigenvalue weighted by Gasteiger charge is 2.23. The number of fused-ring (bicyclic) bond motifs is 1. The minimum absolute atomic E-state index is 0.187. The molecule has 8 nitrogen and oxygen atoms in total. The zero-order chi connectivity index (χ0) is 22.1. The minimum Gasteiger partial charge on any atom is -0.486 e. The van der Waals surface area contributed by atoms with E-state index in [1.807, 2.05) is 17.0 Å². The Bertz CT molecular complexity index is 898. The van der Waals surface area contributed by atoms with E-state index in [-0.39, 0.29) is 26.6 Å². The highest BCUT2D eigenvalue weighted by atomic mass is 17.2. The number of nitrogens with zero attached hydrogens (tertiary/aromatic N) is 4. The summed E-state index contributed by atoms with van der Waals surface area (Å²) in [6.07, 6.45) is 3.29. The first kappa shape index (κ1) is 22.9. The summed E-state index contributed by atoms with van der Waals surface area (Å²) in [5.74, 6) is 1.69. The van der Waals surface area contributed by atoms with Gasteiger partial charge in [-0.2, -0.15) is 5.26 Å². The number of hydrogen-bond donors (Lipinski definition) is 1. The van der Waals surface area contributed by atoms with Crippen LogP contribution in [0, 0.1) is 17.2 Å². The fourth-order valence-corrected chi connectivity index (χ4v) is 3.45. The van der Waals surface area contributed by atoms with Crippen molar-refractivity contribution in [3.05, 3.63) is 46.9 Å². The van der Waals surface area contributed by atoms with Crippen molar-refractivity contribution < 1.29 is 19.6 Å². The Kier molecular flexibility index (Phi) is 8.59. The topological polar surface area (TPSA) is 101 Å². The van der Waals surface area contributed by atoms with Gasteiger partial charge in [0.1, 0.15) is 36.4 Å². The van der Waals surface area contributed by atoms with E-state index in [1.54, 1.807) is 12.1 Å². The number of rotatable bonds is 10. The number of hydrogen-bond acceptors (Lipinski definition) is 8. The van der Waals surface area contributed by atoms with Gasteiger partial charge < -0.3 is 14.7 Å². The molecule has 0 radical (unpaired) electrons. The fraction of sp³-hybridized carbons (Fsp3) is 0.522. The Morgan fingerprint density at radius 2 is 2.00 bits per heavy atom. The summed E-state index contributed by atoms with van der Waals surface area (Å²) in [5.41, 5.74) is 2.82. The van der Waals surface area contributed by atoms with Crippen LogP contribution in [-0.4, -0.2) is 35.0 Å². The summed E-state index contributed by atoms with van der Waals surface area (Å²) < 4.78 is 5.97. The highest BCUT2D eigenvalue weighted by molar-refractivity contribution is 5.46. The number of anilines is 1. The molecular weight excluding hydrogens is 396 g/mol. The number of nitriles is 1. The molecule has 8 heteroatoms. The zero-order valence-corrected chi connectivity index (χ0v) is 18.2. The van der Waals surface area contributed by atoms with E-state index >= 15 is 0 Å². The lowest BCUT2D eigenvalue weighted by Crippen LogP contribution is -2.31. The summed E-state index contributed by atoms with van der Waals surface area (Å²) in [5, 5.41) is 18.4. The van der Waals surface area contributed by atoms with Crippen LogP contribution in [0.1, 0.15) is 55.8 Å². The number of ether oxygens (including phenoxy) is 1. The summed E-state index contributed by atoms with van der Waals surface area (Å²) in [7, 11) is 0. The van der Waals surface area contributed by atoms with Gasteiger partial charge in [-0.1, -0.05) is 32.4 Å². The normalized spacial score (nSPS) is 13.6. The third-order valence-corrected chi connectivity index (χ3v) is 4.92. The first-order valence-electron chi connectivity index (χ1n) is 10.7. The summed E-state index contributed by atoms with van der Waals surface area (Å²) in [4.78, 5) is 22.4. The fourth-order valence-electron chi connectivity index (χ4n) is 3.45. The molecule has 0 aliphatic carbocycles. The zero-order valence-electron chi connectivity index (χ0n) is 18.2. The molecule has 0 amide bonds. The van der Waals surface area contributed by atoms with E-state index in [9.17, 15) is 5.26 Å². The molecule has 0 fully saturated rings. The molecule has 3 rings (SSSR count). The molecule has 1 aliphatic rings. The van der Waals surface area contributed by atoms with Crippen LogP contribution < -0.4 is 9.64 Å². The standard InChI is InChI=1S/C23H30N4O4/c1-17(2)13-27-16-31-30-15-21-23(27)26-20(19(25-21)9-4-3-7-11-28)14-29-22-10-6-5-8-18(22)12-24/h5-6,8,10,17,28H,3-4,7,9,11,13-16H2,1-2H3.